The van der Waals surface area contributed by atoms with Gasteiger partial charge in [-0.05, 0) is 0 Å². The number of Topliss-reactive ketones (excluding diaryl/α,β-unsaturated/α-hetero) is 1. The van der Waals surface area contributed by atoms with Gasteiger partial charge in [-0.3, -0.25) is 4.79 Å². The van der Waals surface area contributed by atoms with Crippen molar-refractivity contribution in [2.75, 3.05) is 0 Å². The lowest BCUT2D eigenvalue weighted by atomic mass is 9.71. The van der Waals surface area contributed by atoms with Crippen LogP contribution in [0.4, 0.5) is 0 Å². The van der Waals surface area contributed by atoms with Crippen molar-refractivity contribution in [3.63, 3.8) is 0 Å². The highest BCUT2D eigenvalue weighted by Crippen LogP contribution is 2.10. The lowest BCUT2D eigenvalue weighted by molar-refractivity contribution is -0.110. The van der Waals surface area contributed by atoms with E-state index in [0.717, 1.165) is 0 Å². The van der Waals surface area contributed by atoms with Gasteiger partial charge in [0.05, 0.1) is 13.5 Å². The average molecular weight is 168 g/mol. The summed E-state index contributed by atoms with van der Waals surface area (Å²) in [6, 6.07) is 8.34. The molecule has 0 aromatic heterocycles. The molecule has 0 saturated carbocycles. The molecule has 0 fully saturated rings. The van der Waals surface area contributed by atoms with Crippen LogP contribution >= 0.6 is 0 Å². The molecule has 0 spiro atoms. The maximum atomic E-state index is 11.4. The fourth-order valence-electron chi connectivity index (χ4n) is 0.911. The number of carbonyl (C=O) groups excluding carboxylic acids is 2. The Morgan fingerprint density at radius 2 is 1.69 bits per heavy atom. The van der Waals surface area contributed by atoms with Crippen LogP contribution in [-0.4, -0.2) is 27.2 Å². The van der Waals surface area contributed by atoms with E-state index in [1.807, 2.05) is 0 Å². The predicted octanol–water partition coefficient (Wildman–Crippen LogP) is 0.521. The van der Waals surface area contributed by atoms with Gasteiger partial charge >= 0.3 is 0 Å². The summed E-state index contributed by atoms with van der Waals surface area (Å²) in [5, 5.41) is 0. The Balaban J connectivity index is 2.86. The largest absolute Gasteiger partial charge is 0.313 e. The SMILES string of the molecule is [B]C(=O)C([B])C(=O)c1ccccc1. The lowest BCUT2D eigenvalue weighted by Crippen LogP contribution is -2.18. The Morgan fingerprint density at radius 1 is 1.15 bits per heavy atom. The van der Waals surface area contributed by atoms with E-state index < -0.39 is 17.3 Å². The second-order valence-electron chi connectivity index (χ2n) is 2.61. The molecule has 0 aliphatic rings. The Kier molecular flexibility index (Phi) is 3.07. The van der Waals surface area contributed by atoms with Crippen LogP contribution in [0.25, 0.3) is 0 Å². The maximum absolute atomic E-state index is 11.4. The molecule has 1 atom stereocenters. The minimum Gasteiger partial charge on any atom is -0.313 e. The van der Waals surface area contributed by atoms with Crippen molar-refractivity contribution in [2.45, 2.75) is 5.82 Å². The summed E-state index contributed by atoms with van der Waals surface area (Å²) in [6.45, 7) is 0. The molecular weight excluding hydrogens is 162 g/mol. The van der Waals surface area contributed by atoms with Gasteiger partial charge in [0.15, 0.2) is 13.6 Å². The van der Waals surface area contributed by atoms with Gasteiger partial charge in [-0.1, -0.05) is 30.3 Å². The van der Waals surface area contributed by atoms with Gasteiger partial charge in [-0.15, -0.1) is 0 Å². The molecule has 0 bridgehead atoms. The average Bonchev–Trinajstić information content (AvgIpc) is 2.17. The van der Waals surface area contributed by atoms with Crippen LogP contribution in [-0.2, 0) is 4.79 Å². The molecule has 4 radical (unpaired) electrons. The first-order valence-electron chi connectivity index (χ1n) is 3.77. The fraction of sp³-hybridized carbons (Fsp3) is 0.111. The topological polar surface area (TPSA) is 34.1 Å². The number of hydrogen-bond donors (Lipinski definition) is 0. The lowest BCUT2D eigenvalue weighted by Gasteiger charge is -2.06. The predicted molar refractivity (Wildman–Crippen MR) is 51.0 cm³/mol. The molecular formula is C9H6B2O2. The molecule has 1 aromatic rings. The van der Waals surface area contributed by atoms with E-state index in [1.165, 1.54) is 0 Å². The summed E-state index contributed by atoms with van der Waals surface area (Å²) in [7, 11) is 10.2. The standard InChI is InChI=1S/C9H6B2O2/c10-7(9(11)13)8(12)6-4-2-1-3-5-6/h1-5,7H. The van der Waals surface area contributed by atoms with Crippen LogP contribution in [0.5, 0.6) is 0 Å². The van der Waals surface area contributed by atoms with Crippen molar-refractivity contribution in [1.82, 2.24) is 0 Å². The minimum absolute atomic E-state index is 0.397. The molecule has 0 heterocycles. The minimum atomic E-state index is -1.25. The Bertz CT molecular complexity index is 322. The quantitative estimate of drug-likeness (QED) is 0.374. The highest BCUT2D eigenvalue weighted by molar-refractivity contribution is 6.67. The molecule has 1 rings (SSSR count). The van der Waals surface area contributed by atoms with Crippen molar-refractivity contribution in [3.05, 3.63) is 35.9 Å². The van der Waals surface area contributed by atoms with E-state index in [1.54, 1.807) is 30.3 Å². The molecule has 1 unspecified atom stereocenters. The molecule has 0 amide bonds. The second kappa shape index (κ2) is 4.08. The zero-order valence-corrected chi connectivity index (χ0v) is 6.94. The van der Waals surface area contributed by atoms with Gasteiger partial charge in [-0.25, -0.2) is 0 Å². The molecule has 0 N–H and O–H groups in total. The van der Waals surface area contributed by atoms with Crippen LogP contribution in [0.1, 0.15) is 10.4 Å². The highest BCUT2D eigenvalue weighted by Gasteiger charge is 2.17. The zero-order chi connectivity index (χ0) is 9.84. The molecule has 1 aromatic carbocycles. The first-order valence-corrected chi connectivity index (χ1v) is 3.77. The fourth-order valence-corrected chi connectivity index (χ4v) is 0.911. The second-order valence-corrected chi connectivity index (χ2v) is 2.61. The Morgan fingerprint density at radius 3 is 2.15 bits per heavy atom. The van der Waals surface area contributed by atoms with Crippen molar-refractivity contribution >= 4 is 27.2 Å². The number of ketones is 1. The maximum Gasteiger partial charge on any atom is 0.167 e. The van der Waals surface area contributed by atoms with Gasteiger partial charge in [0, 0.05) is 11.4 Å². The molecule has 0 saturated heterocycles. The number of benzene rings is 1. The van der Waals surface area contributed by atoms with Crippen LogP contribution in [0, 0.1) is 0 Å². The van der Waals surface area contributed by atoms with Crippen molar-refractivity contribution in [3.8, 4) is 0 Å². The number of hydrogen-bond acceptors (Lipinski definition) is 2. The summed E-state index contributed by atoms with van der Waals surface area (Å²) in [4.78, 5) is 22.0. The summed E-state index contributed by atoms with van der Waals surface area (Å²) in [5.41, 5.74) is -0.414. The zero-order valence-electron chi connectivity index (χ0n) is 6.94. The summed E-state index contributed by atoms with van der Waals surface area (Å²) >= 11 is 0. The van der Waals surface area contributed by atoms with Crippen LogP contribution < -0.4 is 0 Å². The molecule has 60 valence electrons. The highest BCUT2D eigenvalue weighted by atomic mass is 16.1. The van der Waals surface area contributed by atoms with E-state index in [0.29, 0.717) is 5.56 Å². The molecule has 2 nitrogen and oxygen atoms in total. The molecule has 4 heteroatoms. The summed E-state index contributed by atoms with van der Waals surface area (Å²) < 4.78 is 0. The third-order valence-corrected chi connectivity index (χ3v) is 1.65. The Hall–Kier alpha value is -1.31. The van der Waals surface area contributed by atoms with E-state index in [2.05, 4.69) is 0 Å². The first kappa shape index (κ1) is 9.78. The smallest absolute Gasteiger partial charge is 0.167 e. The van der Waals surface area contributed by atoms with Crippen LogP contribution in [0.15, 0.2) is 30.3 Å². The van der Waals surface area contributed by atoms with E-state index in [4.69, 9.17) is 15.7 Å². The van der Waals surface area contributed by atoms with E-state index >= 15 is 0 Å². The summed E-state index contributed by atoms with van der Waals surface area (Å²) in [6.07, 6.45) is 0. The number of carbonyl (C=O) groups is 2. The molecule has 0 aliphatic heterocycles. The Labute approximate surface area is 79.2 Å². The first-order chi connectivity index (χ1) is 6.13. The summed E-state index contributed by atoms with van der Waals surface area (Å²) in [5.74, 6) is -1.70. The monoisotopic (exact) mass is 168 g/mol. The van der Waals surface area contributed by atoms with Crippen LogP contribution in [0.3, 0.4) is 0 Å². The van der Waals surface area contributed by atoms with Crippen molar-refractivity contribution in [1.29, 1.82) is 0 Å². The van der Waals surface area contributed by atoms with Gasteiger partial charge in [0.25, 0.3) is 0 Å². The third kappa shape index (κ3) is 2.31. The molecule has 0 aliphatic carbocycles. The van der Waals surface area contributed by atoms with Gasteiger partial charge in [0.1, 0.15) is 0 Å². The van der Waals surface area contributed by atoms with E-state index in [-0.39, 0.29) is 0 Å². The van der Waals surface area contributed by atoms with Gasteiger partial charge in [-0.2, -0.15) is 0 Å². The van der Waals surface area contributed by atoms with Crippen molar-refractivity contribution in [2.24, 2.45) is 0 Å². The molecule has 13 heavy (non-hydrogen) atoms. The van der Waals surface area contributed by atoms with Gasteiger partial charge < -0.3 is 4.79 Å². The van der Waals surface area contributed by atoms with Crippen molar-refractivity contribution < 1.29 is 9.59 Å². The van der Waals surface area contributed by atoms with Gasteiger partial charge in [0.2, 0.25) is 0 Å². The van der Waals surface area contributed by atoms with Crippen LogP contribution in [0.2, 0.25) is 5.82 Å². The number of rotatable bonds is 3. The normalized spacial score (nSPS) is 12.0. The third-order valence-electron chi connectivity index (χ3n) is 1.65. The van der Waals surface area contributed by atoms with E-state index in [9.17, 15) is 9.59 Å².